The van der Waals surface area contributed by atoms with Gasteiger partial charge in [0.05, 0.1) is 5.56 Å². The number of hydrogen-bond donors (Lipinski definition) is 1. The molecule has 0 aliphatic carbocycles. The second kappa shape index (κ2) is 4.58. The lowest BCUT2D eigenvalue weighted by Gasteiger charge is -2.44. The highest BCUT2D eigenvalue weighted by Gasteiger charge is 2.32. The van der Waals surface area contributed by atoms with E-state index in [4.69, 9.17) is 0 Å². The molecule has 1 aromatic heterocycles. The summed E-state index contributed by atoms with van der Waals surface area (Å²) in [7, 11) is 0. The number of pyridine rings is 1. The van der Waals surface area contributed by atoms with Crippen molar-refractivity contribution in [2.75, 3.05) is 24.5 Å². The van der Waals surface area contributed by atoms with Crippen molar-refractivity contribution in [3.8, 4) is 6.07 Å². The summed E-state index contributed by atoms with van der Waals surface area (Å²) in [5.41, 5.74) is 2.66. The molecule has 1 N–H and O–H groups in total. The minimum Gasteiger partial charge on any atom is -0.348 e. The van der Waals surface area contributed by atoms with Crippen LogP contribution in [0.2, 0.25) is 0 Å². The number of piperazine rings is 1. The fraction of sp³-hybridized carbons (Fsp3) is 0.571. The van der Waals surface area contributed by atoms with E-state index < -0.39 is 0 Å². The van der Waals surface area contributed by atoms with E-state index in [9.17, 15) is 5.26 Å². The van der Waals surface area contributed by atoms with Gasteiger partial charge in [-0.15, -0.1) is 0 Å². The molecule has 0 spiro atoms. The Bertz CT molecular complexity index is 499. The van der Waals surface area contributed by atoms with E-state index in [1.165, 1.54) is 0 Å². The van der Waals surface area contributed by atoms with Crippen LogP contribution in [0.1, 0.15) is 30.7 Å². The van der Waals surface area contributed by atoms with Crippen molar-refractivity contribution < 1.29 is 0 Å². The van der Waals surface area contributed by atoms with Crippen LogP contribution in [0, 0.1) is 25.2 Å². The quantitative estimate of drug-likeness (QED) is 0.818. The van der Waals surface area contributed by atoms with Gasteiger partial charge in [-0.25, -0.2) is 4.98 Å². The second-order valence-corrected chi connectivity index (χ2v) is 5.53. The van der Waals surface area contributed by atoms with Gasteiger partial charge in [-0.05, 0) is 39.3 Å². The molecule has 18 heavy (non-hydrogen) atoms. The average molecular weight is 244 g/mol. The highest BCUT2D eigenvalue weighted by atomic mass is 15.3. The molecule has 0 amide bonds. The molecule has 0 atom stereocenters. The van der Waals surface area contributed by atoms with Gasteiger partial charge in [0.15, 0.2) is 0 Å². The Morgan fingerprint density at radius 1 is 1.44 bits per heavy atom. The third kappa shape index (κ3) is 2.19. The van der Waals surface area contributed by atoms with Gasteiger partial charge >= 0.3 is 0 Å². The maximum absolute atomic E-state index is 9.36. The average Bonchev–Trinajstić information content (AvgIpc) is 2.27. The summed E-state index contributed by atoms with van der Waals surface area (Å²) in [6.45, 7) is 11.0. The summed E-state index contributed by atoms with van der Waals surface area (Å²) in [5.74, 6) is 0.835. The Labute approximate surface area is 109 Å². The van der Waals surface area contributed by atoms with Crippen LogP contribution in [-0.4, -0.2) is 30.2 Å². The van der Waals surface area contributed by atoms with Crippen LogP contribution < -0.4 is 10.2 Å². The van der Waals surface area contributed by atoms with Crippen molar-refractivity contribution in [1.82, 2.24) is 10.3 Å². The minimum absolute atomic E-state index is 0.0168. The number of nitrogens with one attached hydrogen (secondary N) is 1. The first kappa shape index (κ1) is 12.8. The molecular weight excluding hydrogens is 224 g/mol. The van der Waals surface area contributed by atoms with E-state index in [1.54, 1.807) is 0 Å². The molecule has 96 valence electrons. The van der Waals surface area contributed by atoms with E-state index in [0.29, 0.717) is 5.56 Å². The van der Waals surface area contributed by atoms with Crippen molar-refractivity contribution in [2.45, 2.75) is 33.2 Å². The molecule has 1 fully saturated rings. The van der Waals surface area contributed by atoms with Crippen LogP contribution in [0.15, 0.2) is 6.07 Å². The number of nitrogens with zero attached hydrogens (tertiary/aromatic N) is 3. The number of aromatic nitrogens is 1. The number of anilines is 1. The monoisotopic (exact) mass is 244 g/mol. The van der Waals surface area contributed by atoms with Crippen LogP contribution in [-0.2, 0) is 0 Å². The smallest absolute Gasteiger partial charge is 0.147 e. The van der Waals surface area contributed by atoms with Crippen molar-refractivity contribution in [1.29, 1.82) is 5.26 Å². The zero-order chi connectivity index (χ0) is 13.3. The molecule has 1 aliphatic rings. The summed E-state index contributed by atoms with van der Waals surface area (Å²) in [5, 5.41) is 12.7. The Kier molecular flexibility index (Phi) is 3.27. The summed E-state index contributed by atoms with van der Waals surface area (Å²) in [6.07, 6.45) is 0. The third-order valence-corrected chi connectivity index (χ3v) is 3.49. The number of hydrogen-bond acceptors (Lipinski definition) is 4. The van der Waals surface area contributed by atoms with E-state index in [1.807, 2.05) is 19.9 Å². The fourth-order valence-corrected chi connectivity index (χ4v) is 2.53. The van der Waals surface area contributed by atoms with Crippen LogP contribution in [0.4, 0.5) is 5.82 Å². The van der Waals surface area contributed by atoms with E-state index in [-0.39, 0.29) is 5.54 Å². The Morgan fingerprint density at radius 3 is 2.78 bits per heavy atom. The molecule has 0 unspecified atom stereocenters. The minimum atomic E-state index is -0.0168. The second-order valence-electron chi connectivity index (χ2n) is 5.53. The van der Waals surface area contributed by atoms with E-state index in [2.05, 4.69) is 35.1 Å². The van der Waals surface area contributed by atoms with Gasteiger partial charge in [-0.2, -0.15) is 5.26 Å². The van der Waals surface area contributed by atoms with Crippen LogP contribution >= 0.6 is 0 Å². The van der Waals surface area contributed by atoms with Gasteiger partial charge in [0.1, 0.15) is 11.9 Å². The van der Waals surface area contributed by atoms with Crippen LogP contribution in [0.5, 0.6) is 0 Å². The predicted molar refractivity (Wildman–Crippen MR) is 72.7 cm³/mol. The largest absolute Gasteiger partial charge is 0.348 e. The summed E-state index contributed by atoms with van der Waals surface area (Å²) in [4.78, 5) is 6.85. The van der Waals surface area contributed by atoms with Gasteiger partial charge < -0.3 is 10.2 Å². The fourth-order valence-electron chi connectivity index (χ4n) is 2.53. The molecule has 0 aromatic carbocycles. The van der Waals surface area contributed by atoms with Crippen LogP contribution in [0.3, 0.4) is 0 Å². The lowest BCUT2D eigenvalue weighted by atomic mass is 9.98. The van der Waals surface area contributed by atoms with E-state index in [0.717, 1.165) is 36.7 Å². The third-order valence-electron chi connectivity index (χ3n) is 3.49. The summed E-state index contributed by atoms with van der Waals surface area (Å²) in [6, 6.07) is 4.27. The molecule has 0 radical (unpaired) electrons. The first-order valence-electron chi connectivity index (χ1n) is 6.32. The highest BCUT2D eigenvalue weighted by Crippen LogP contribution is 2.28. The highest BCUT2D eigenvalue weighted by molar-refractivity contribution is 5.59. The van der Waals surface area contributed by atoms with Crippen molar-refractivity contribution in [2.24, 2.45) is 0 Å². The predicted octanol–water partition coefficient (Wildman–Crippen LogP) is 1.76. The van der Waals surface area contributed by atoms with Gasteiger partial charge in [0, 0.05) is 30.9 Å². The molecule has 2 rings (SSSR count). The molecule has 1 aliphatic heterocycles. The first-order chi connectivity index (χ1) is 8.45. The van der Waals surface area contributed by atoms with Crippen molar-refractivity contribution >= 4 is 5.82 Å². The lowest BCUT2D eigenvalue weighted by molar-refractivity contribution is 0.377. The van der Waals surface area contributed by atoms with Gasteiger partial charge in [-0.3, -0.25) is 0 Å². The van der Waals surface area contributed by atoms with Crippen LogP contribution in [0.25, 0.3) is 0 Å². The standard InChI is InChI=1S/C14H20N4/c1-10-7-11(2)17-13(12(10)8-15)18-6-5-16-9-14(18,3)4/h7,16H,5-6,9H2,1-4H3. The molecule has 0 bridgehead atoms. The molecule has 1 saturated heterocycles. The maximum atomic E-state index is 9.36. The van der Waals surface area contributed by atoms with Crippen molar-refractivity contribution in [3.05, 3.63) is 22.9 Å². The number of aryl methyl sites for hydroxylation is 2. The Balaban J connectivity index is 2.53. The number of nitriles is 1. The van der Waals surface area contributed by atoms with E-state index >= 15 is 0 Å². The molecule has 4 heteroatoms. The Hall–Kier alpha value is -1.60. The zero-order valence-corrected chi connectivity index (χ0v) is 11.5. The van der Waals surface area contributed by atoms with Gasteiger partial charge in [0.2, 0.25) is 0 Å². The van der Waals surface area contributed by atoms with Gasteiger partial charge in [0.25, 0.3) is 0 Å². The summed E-state index contributed by atoms with van der Waals surface area (Å²) >= 11 is 0. The molecule has 0 saturated carbocycles. The molecular formula is C14H20N4. The maximum Gasteiger partial charge on any atom is 0.147 e. The Morgan fingerprint density at radius 2 is 2.17 bits per heavy atom. The zero-order valence-electron chi connectivity index (χ0n) is 11.5. The van der Waals surface area contributed by atoms with Gasteiger partial charge in [-0.1, -0.05) is 0 Å². The molecule has 2 heterocycles. The number of rotatable bonds is 1. The first-order valence-corrected chi connectivity index (χ1v) is 6.32. The molecule has 1 aromatic rings. The normalized spacial score (nSPS) is 18.5. The SMILES string of the molecule is Cc1cc(C)c(C#N)c(N2CCNCC2(C)C)n1. The topological polar surface area (TPSA) is 52.0 Å². The molecule has 4 nitrogen and oxygen atoms in total. The summed E-state index contributed by atoms with van der Waals surface area (Å²) < 4.78 is 0. The lowest BCUT2D eigenvalue weighted by Crippen LogP contribution is -2.58. The van der Waals surface area contributed by atoms with Crippen molar-refractivity contribution in [3.63, 3.8) is 0 Å².